The highest BCUT2D eigenvalue weighted by Crippen LogP contribution is 2.31. The van der Waals surface area contributed by atoms with Gasteiger partial charge in [-0.25, -0.2) is 9.97 Å². The molecule has 122 valence electrons. The van der Waals surface area contributed by atoms with Gasteiger partial charge in [-0.05, 0) is 44.0 Å². The molecule has 0 unspecified atom stereocenters. The van der Waals surface area contributed by atoms with Crippen molar-refractivity contribution >= 4 is 33.3 Å². The van der Waals surface area contributed by atoms with Crippen LogP contribution in [-0.4, -0.2) is 29.0 Å². The third-order valence-corrected chi connectivity index (χ3v) is 5.39. The Morgan fingerprint density at radius 1 is 1.17 bits per heavy atom. The molecule has 2 aromatic heterocycles. The largest absolute Gasteiger partial charge is 0.317 e. The number of aromatic nitrogens is 2. The number of hydrogen-bond donors (Lipinski definition) is 2. The number of thiazole rings is 1. The molecule has 0 spiro atoms. The summed E-state index contributed by atoms with van der Waals surface area (Å²) in [5, 5.41) is 7.91. The first-order valence-electron chi connectivity index (χ1n) is 8.13. The minimum Gasteiger partial charge on any atom is -0.317 e. The van der Waals surface area contributed by atoms with Crippen molar-refractivity contribution in [2.24, 2.45) is 0 Å². The van der Waals surface area contributed by atoms with Crippen LogP contribution in [0.3, 0.4) is 0 Å². The van der Waals surface area contributed by atoms with Gasteiger partial charge in [-0.1, -0.05) is 24.3 Å². The van der Waals surface area contributed by atoms with E-state index in [0.717, 1.165) is 36.8 Å². The Morgan fingerprint density at radius 2 is 2.00 bits per heavy atom. The number of benzene rings is 1. The molecule has 4 rings (SSSR count). The standard InChI is InChI=1S/C18H18N4OS/c23-17(15-6-5-12-3-1-2-4-14(12)21-15)22-18-20-11-16(24-18)13-7-9-19-10-8-13/h1-6,11,13,19H,7-10H2,(H,20,22,23). The van der Waals surface area contributed by atoms with Crippen LogP contribution in [0.5, 0.6) is 0 Å². The number of nitrogens with one attached hydrogen (secondary N) is 2. The molecule has 6 heteroatoms. The highest BCUT2D eigenvalue weighted by Gasteiger charge is 2.18. The molecule has 5 nitrogen and oxygen atoms in total. The van der Waals surface area contributed by atoms with Crippen molar-refractivity contribution in [3.63, 3.8) is 0 Å². The molecule has 0 bridgehead atoms. The van der Waals surface area contributed by atoms with Crippen LogP contribution in [0.1, 0.15) is 34.1 Å². The van der Waals surface area contributed by atoms with Crippen LogP contribution in [0.2, 0.25) is 0 Å². The van der Waals surface area contributed by atoms with Crippen molar-refractivity contribution in [1.82, 2.24) is 15.3 Å². The first-order chi connectivity index (χ1) is 11.8. The van der Waals surface area contributed by atoms with Gasteiger partial charge in [0.05, 0.1) is 5.52 Å². The first-order valence-corrected chi connectivity index (χ1v) is 8.95. The van der Waals surface area contributed by atoms with E-state index >= 15 is 0 Å². The van der Waals surface area contributed by atoms with Crippen LogP contribution in [0, 0.1) is 0 Å². The highest BCUT2D eigenvalue weighted by molar-refractivity contribution is 7.15. The second-order valence-corrected chi connectivity index (χ2v) is 7.00. The van der Waals surface area contributed by atoms with Gasteiger partial charge in [0, 0.05) is 16.5 Å². The fraction of sp³-hybridized carbons (Fsp3) is 0.278. The molecule has 0 aliphatic carbocycles. The number of piperidine rings is 1. The maximum Gasteiger partial charge on any atom is 0.276 e. The number of fused-ring (bicyclic) bond motifs is 1. The van der Waals surface area contributed by atoms with Crippen molar-refractivity contribution in [3.8, 4) is 0 Å². The van der Waals surface area contributed by atoms with Gasteiger partial charge in [0.15, 0.2) is 5.13 Å². The molecule has 0 saturated carbocycles. The van der Waals surface area contributed by atoms with Crippen LogP contribution in [0.4, 0.5) is 5.13 Å². The van der Waals surface area contributed by atoms with Crippen LogP contribution >= 0.6 is 11.3 Å². The summed E-state index contributed by atoms with van der Waals surface area (Å²) < 4.78 is 0. The fourth-order valence-corrected chi connectivity index (χ4v) is 3.97. The smallest absolute Gasteiger partial charge is 0.276 e. The highest BCUT2D eigenvalue weighted by atomic mass is 32.1. The van der Waals surface area contributed by atoms with Crippen LogP contribution in [0.25, 0.3) is 10.9 Å². The minimum absolute atomic E-state index is 0.216. The predicted molar refractivity (Wildman–Crippen MR) is 96.7 cm³/mol. The molecular formula is C18H18N4OS. The van der Waals surface area contributed by atoms with E-state index in [2.05, 4.69) is 20.6 Å². The van der Waals surface area contributed by atoms with E-state index < -0.39 is 0 Å². The molecule has 1 aromatic carbocycles. The Balaban J connectivity index is 1.49. The number of carbonyl (C=O) groups is 1. The van der Waals surface area contributed by atoms with E-state index in [0.29, 0.717) is 16.7 Å². The molecule has 24 heavy (non-hydrogen) atoms. The Hall–Kier alpha value is -2.31. The molecular weight excluding hydrogens is 320 g/mol. The molecule has 1 aliphatic heterocycles. The minimum atomic E-state index is -0.216. The Bertz CT molecular complexity index is 870. The number of hydrogen-bond acceptors (Lipinski definition) is 5. The van der Waals surface area contributed by atoms with Gasteiger partial charge < -0.3 is 5.32 Å². The van der Waals surface area contributed by atoms with E-state index in [4.69, 9.17) is 0 Å². The van der Waals surface area contributed by atoms with E-state index in [1.807, 2.05) is 36.5 Å². The van der Waals surface area contributed by atoms with E-state index in [1.165, 1.54) is 4.88 Å². The van der Waals surface area contributed by atoms with Gasteiger partial charge in [-0.15, -0.1) is 11.3 Å². The van der Waals surface area contributed by atoms with Crippen molar-refractivity contribution in [2.75, 3.05) is 18.4 Å². The molecule has 0 atom stereocenters. The number of rotatable bonds is 3. The van der Waals surface area contributed by atoms with E-state index in [1.54, 1.807) is 17.4 Å². The summed E-state index contributed by atoms with van der Waals surface area (Å²) in [5.74, 6) is 0.333. The summed E-state index contributed by atoms with van der Waals surface area (Å²) in [6.45, 7) is 2.09. The second-order valence-electron chi connectivity index (χ2n) is 5.94. The molecule has 1 aliphatic rings. The number of para-hydroxylation sites is 1. The van der Waals surface area contributed by atoms with Gasteiger partial charge in [0.1, 0.15) is 5.69 Å². The zero-order chi connectivity index (χ0) is 16.4. The van der Waals surface area contributed by atoms with Crippen LogP contribution < -0.4 is 10.6 Å². The lowest BCUT2D eigenvalue weighted by atomic mass is 9.97. The summed E-state index contributed by atoms with van der Waals surface area (Å²) in [7, 11) is 0. The van der Waals surface area contributed by atoms with Crippen molar-refractivity contribution in [1.29, 1.82) is 0 Å². The Morgan fingerprint density at radius 3 is 2.88 bits per heavy atom. The third kappa shape index (κ3) is 3.16. The molecule has 3 aromatic rings. The summed E-state index contributed by atoms with van der Waals surface area (Å²) in [6, 6.07) is 11.4. The number of nitrogens with zero attached hydrogens (tertiary/aromatic N) is 2. The summed E-state index contributed by atoms with van der Waals surface area (Å²) in [6.07, 6.45) is 4.15. The van der Waals surface area contributed by atoms with Gasteiger partial charge in [-0.3, -0.25) is 10.1 Å². The molecule has 1 amide bonds. The van der Waals surface area contributed by atoms with Crippen molar-refractivity contribution in [2.45, 2.75) is 18.8 Å². The van der Waals surface area contributed by atoms with E-state index in [9.17, 15) is 4.79 Å². The number of carbonyl (C=O) groups excluding carboxylic acids is 1. The Labute approximate surface area is 144 Å². The topological polar surface area (TPSA) is 66.9 Å². The summed E-state index contributed by atoms with van der Waals surface area (Å²) in [4.78, 5) is 22.5. The third-order valence-electron chi connectivity index (χ3n) is 4.32. The fourth-order valence-electron chi connectivity index (χ4n) is 2.99. The van der Waals surface area contributed by atoms with Crippen molar-refractivity contribution < 1.29 is 4.79 Å². The van der Waals surface area contributed by atoms with Gasteiger partial charge in [0.25, 0.3) is 5.91 Å². The maximum absolute atomic E-state index is 12.4. The second kappa shape index (κ2) is 6.67. The first kappa shape index (κ1) is 15.2. The van der Waals surface area contributed by atoms with Crippen LogP contribution in [0.15, 0.2) is 42.6 Å². The normalized spacial score (nSPS) is 15.5. The maximum atomic E-state index is 12.4. The van der Waals surface area contributed by atoms with Gasteiger partial charge in [-0.2, -0.15) is 0 Å². The number of amides is 1. The number of anilines is 1. The summed E-state index contributed by atoms with van der Waals surface area (Å²) in [5.41, 5.74) is 1.23. The number of pyridine rings is 1. The molecule has 2 N–H and O–H groups in total. The zero-order valence-corrected chi connectivity index (χ0v) is 14.0. The lowest BCUT2D eigenvalue weighted by molar-refractivity contribution is 0.102. The van der Waals surface area contributed by atoms with Gasteiger partial charge >= 0.3 is 0 Å². The van der Waals surface area contributed by atoms with E-state index in [-0.39, 0.29) is 5.91 Å². The average Bonchev–Trinajstić information content (AvgIpc) is 3.10. The molecule has 0 radical (unpaired) electrons. The lowest BCUT2D eigenvalue weighted by Crippen LogP contribution is -2.26. The molecule has 3 heterocycles. The van der Waals surface area contributed by atoms with Crippen LogP contribution in [-0.2, 0) is 0 Å². The molecule has 1 fully saturated rings. The SMILES string of the molecule is O=C(Nc1ncc(C2CCNCC2)s1)c1ccc2ccccc2n1. The zero-order valence-electron chi connectivity index (χ0n) is 13.2. The lowest BCUT2D eigenvalue weighted by Gasteiger charge is -2.20. The predicted octanol–water partition coefficient (Wildman–Crippen LogP) is 3.41. The van der Waals surface area contributed by atoms with Gasteiger partial charge in [0.2, 0.25) is 0 Å². The quantitative estimate of drug-likeness (QED) is 0.768. The average molecular weight is 338 g/mol. The monoisotopic (exact) mass is 338 g/mol. The van der Waals surface area contributed by atoms with Crippen molar-refractivity contribution in [3.05, 3.63) is 53.2 Å². The molecule has 1 saturated heterocycles. The summed E-state index contributed by atoms with van der Waals surface area (Å²) >= 11 is 1.57. The Kier molecular flexibility index (Phi) is 4.23.